The average Bonchev–Trinajstić information content (AvgIpc) is 2.62. The fourth-order valence-corrected chi connectivity index (χ4v) is 3.92. The third kappa shape index (κ3) is 2.74. The Morgan fingerprint density at radius 2 is 2.00 bits per heavy atom. The summed E-state index contributed by atoms with van der Waals surface area (Å²) >= 11 is 2.37. The number of hydrogen-bond acceptors (Lipinski definition) is 4. The largest absolute Gasteiger partial charge is 0.284 e. The lowest BCUT2D eigenvalue weighted by Gasteiger charge is -2.15. The van der Waals surface area contributed by atoms with Crippen molar-refractivity contribution in [2.45, 2.75) is 45.3 Å². The zero-order valence-corrected chi connectivity index (χ0v) is 13.4. The highest BCUT2D eigenvalue weighted by Crippen LogP contribution is 2.29. The van der Waals surface area contributed by atoms with Crippen LogP contribution < -0.4 is 5.56 Å². The Bertz CT molecular complexity index is 692. The number of aryl methyl sites for hydroxylation is 2. The number of thioether (sulfide) groups is 1. The smallest absolute Gasteiger partial charge is 0.263 e. The maximum atomic E-state index is 12.6. The molecule has 2 rings (SSSR count). The van der Waals surface area contributed by atoms with Gasteiger partial charge >= 0.3 is 0 Å². The molecule has 2 aromatic heterocycles. The van der Waals surface area contributed by atoms with Crippen LogP contribution >= 0.6 is 23.1 Å². The van der Waals surface area contributed by atoms with E-state index in [2.05, 4.69) is 4.98 Å². The summed E-state index contributed by atoms with van der Waals surface area (Å²) in [6, 6.07) is -0.112. The van der Waals surface area contributed by atoms with Crippen molar-refractivity contribution >= 4 is 33.3 Å². The van der Waals surface area contributed by atoms with Crippen LogP contribution in [-0.2, 0) is 0 Å². The van der Waals surface area contributed by atoms with Crippen LogP contribution in [-0.4, -0.2) is 21.7 Å². The molecule has 0 atom stereocenters. The number of fused-ring (bicyclic) bond motifs is 1. The summed E-state index contributed by atoms with van der Waals surface area (Å²) in [5, 5.41) is 0.988. The molecule has 0 aliphatic heterocycles. The lowest BCUT2D eigenvalue weighted by atomic mass is 10.2. The van der Waals surface area contributed by atoms with Crippen molar-refractivity contribution in [3.05, 3.63) is 20.8 Å². The second-order valence-corrected chi connectivity index (χ2v) is 7.02. The normalized spacial score (nSPS) is 12.0. The highest BCUT2D eigenvalue weighted by atomic mass is 32.2. The Morgan fingerprint density at radius 1 is 1.35 bits per heavy atom. The van der Waals surface area contributed by atoms with Crippen LogP contribution in [0.5, 0.6) is 0 Å². The molecule has 0 saturated heterocycles. The van der Waals surface area contributed by atoms with Crippen LogP contribution in [0.1, 0.15) is 30.3 Å². The molecule has 2 heterocycles. The molecule has 0 aromatic carbocycles. The first-order chi connectivity index (χ1) is 9.32. The SMILES string of the molecule is Cc1sc2nc(SCC(F)F)n(C(C)C)c(=O)c2c1C. The molecule has 0 bridgehead atoms. The first kappa shape index (κ1) is 15.4. The summed E-state index contributed by atoms with van der Waals surface area (Å²) in [7, 11) is 0. The molecule has 0 unspecified atom stereocenters. The molecule has 0 radical (unpaired) electrons. The van der Waals surface area contributed by atoms with Gasteiger partial charge in [-0.1, -0.05) is 11.8 Å². The predicted molar refractivity (Wildman–Crippen MR) is 80.5 cm³/mol. The van der Waals surface area contributed by atoms with Gasteiger partial charge in [-0.05, 0) is 33.3 Å². The average molecular weight is 318 g/mol. The fraction of sp³-hybridized carbons (Fsp3) is 0.538. The Balaban J connectivity index is 2.67. The third-order valence-electron chi connectivity index (χ3n) is 3.06. The van der Waals surface area contributed by atoms with Crippen molar-refractivity contribution in [2.24, 2.45) is 0 Å². The molecular formula is C13H16F2N2OS2. The molecule has 0 saturated carbocycles. The Hall–Kier alpha value is -0.950. The van der Waals surface area contributed by atoms with Gasteiger partial charge < -0.3 is 0 Å². The zero-order chi connectivity index (χ0) is 15.0. The molecule has 7 heteroatoms. The summed E-state index contributed by atoms with van der Waals surface area (Å²) in [4.78, 5) is 18.7. The number of alkyl halides is 2. The third-order valence-corrected chi connectivity index (χ3v) is 5.12. The van der Waals surface area contributed by atoms with E-state index in [4.69, 9.17) is 0 Å². The second-order valence-electron chi connectivity index (χ2n) is 4.83. The summed E-state index contributed by atoms with van der Waals surface area (Å²) in [6.45, 7) is 7.55. The van der Waals surface area contributed by atoms with E-state index in [9.17, 15) is 13.6 Å². The quantitative estimate of drug-likeness (QED) is 0.631. The molecule has 20 heavy (non-hydrogen) atoms. The van der Waals surface area contributed by atoms with Crippen LogP contribution in [0.3, 0.4) is 0 Å². The van der Waals surface area contributed by atoms with Gasteiger partial charge in [-0.15, -0.1) is 11.3 Å². The lowest BCUT2D eigenvalue weighted by Crippen LogP contribution is -2.25. The molecule has 2 aromatic rings. The van der Waals surface area contributed by atoms with Gasteiger partial charge in [-0.25, -0.2) is 13.8 Å². The first-order valence-electron chi connectivity index (χ1n) is 6.26. The lowest BCUT2D eigenvalue weighted by molar-refractivity contribution is 0.176. The van der Waals surface area contributed by atoms with Crippen molar-refractivity contribution in [2.75, 3.05) is 5.75 Å². The number of nitrogens with zero attached hydrogens (tertiary/aromatic N) is 2. The maximum Gasteiger partial charge on any atom is 0.263 e. The van der Waals surface area contributed by atoms with Crippen molar-refractivity contribution in [1.82, 2.24) is 9.55 Å². The van der Waals surface area contributed by atoms with Crippen LogP contribution in [0, 0.1) is 13.8 Å². The van der Waals surface area contributed by atoms with Crippen molar-refractivity contribution in [3.8, 4) is 0 Å². The van der Waals surface area contributed by atoms with Crippen molar-refractivity contribution in [1.29, 1.82) is 0 Å². The molecule has 110 valence electrons. The highest BCUT2D eigenvalue weighted by molar-refractivity contribution is 7.99. The monoisotopic (exact) mass is 318 g/mol. The Labute approximate surface area is 124 Å². The van der Waals surface area contributed by atoms with Gasteiger partial charge in [-0.3, -0.25) is 9.36 Å². The molecule has 0 amide bonds. The van der Waals surface area contributed by atoms with Gasteiger partial charge in [-0.2, -0.15) is 0 Å². The minimum Gasteiger partial charge on any atom is -0.284 e. The molecule has 3 nitrogen and oxygen atoms in total. The zero-order valence-electron chi connectivity index (χ0n) is 11.7. The molecule has 0 spiro atoms. The van der Waals surface area contributed by atoms with E-state index >= 15 is 0 Å². The van der Waals surface area contributed by atoms with Gasteiger partial charge in [0.2, 0.25) is 6.43 Å². The van der Waals surface area contributed by atoms with E-state index in [1.165, 1.54) is 15.9 Å². The molecule has 0 aliphatic carbocycles. The summed E-state index contributed by atoms with van der Waals surface area (Å²) in [5.41, 5.74) is 0.797. The van der Waals surface area contributed by atoms with E-state index in [1.807, 2.05) is 27.7 Å². The number of hydrogen-bond donors (Lipinski definition) is 0. The summed E-state index contributed by atoms with van der Waals surface area (Å²) in [6.07, 6.45) is -2.42. The summed E-state index contributed by atoms with van der Waals surface area (Å²) < 4.78 is 26.3. The number of aromatic nitrogens is 2. The van der Waals surface area contributed by atoms with E-state index in [-0.39, 0.29) is 17.4 Å². The second kappa shape index (κ2) is 5.81. The summed E-state index contributed by atoms with van der Waals surface area (Å²) in [5.74, 6) is -0.353. The Kier molecular flexibility index (Phi) is 4.49. The first-order valence-corrected chi connectivity index (χ1v) is 8.06. The number of rotatable bonds is 4. The van der Waals surface area contributed by atoms with Gasteiger partial charge in [0.15, 0.2) is 5.16 Å². The van der Waals surface area contributed by atoms with Crippen LogP contribution in [0.25, 0.3) is 10.2 Å². The van der Waals surface area contributed by atoms with Gasteiger partial charge in [0.1, 0.15) is 4.83 Å². The van der Waals surface area contributed by atoms with Gasteiger partial charge in [0.05, 0.1) is 11.1 Å². The maximum absolute atomic E-state index is 12.6. The fourth-order valence-electron chi connectivity index (χ4n) is 1.98. The minimum absolute atomic E-state index is 0.112. The van der Waals surface area contributed by atoms with Crippen molar-refractivity contribution < 1.29 is 8.78 Å². The predicted octanol–water partition coefficient (Wildman–Crippen LogP) is 4.01. The topological polar surface area (TPSA) is 34.9 Å². The van der Waals surface area contributed by atoms with Gasteiger partial charge in [0, 0.05) is 10.9 Å². The number of halogens is 2. The van der Waals surface area contributed by atoms with E-state index in [0.29, 0.717) is 15.4 Å². The molecule has 0 aliphatic rings. The van der Waals surface area contributed by atoms with Crippen molar-refractivity contribution in [3.63, 3.8) is 0 Å². The van der Waals surface area contributed by atoms with Crippen LogP contribution in [0.15, 0.2) is 9.95 Å². The number of thiophene rings is 1. The van der Waals surface area contributed by atoms with E-state index in [1.54, 1.807) is 0 Å². The van der Waals surface area contributed by atoms with Crippen LogP contribution in [0.4, 0.5) is 8.78 Å². The standard InChI is InChI=1S/C13H16F2N2OS2/c1-6(2)17-12(18)10-7(3)8(4)20-11(10)16-13(17)19-5-9(14)15/h6,9H,5H2,1-4H3. The van der Waals surface area contributed by atoms with Crippen LogP contribution in [0.2, 0.25) is 0 Å². The Morgan fingerprint density at radius 3 is 2.55 bits per heavy atom. The van der Waals surface area contributed by atoms with Gasteiger partial charge in [0.25, 0.3) is 5.56 Å². The molecular weight excluding hydrogens is 302 g/mol. The van der Waals surface area contributed by atoms with E-state index < -0.39 is 6.43 Å². The van der Waals surface area contributed by atoms with E-state index in [0.717, 1.165) is 22.2 Å². The molecule has 0 fully saturated rings. The molecule has 0 N–H and O–H groups in total. The minimum atomic E-state index is -2.42. The highest BCUT2D eigenvalue weighted by Gasteiger charge is 2.19.